The summed E-state index contributed by atoms with van der Waals surface area (Å²) < 4.78 is 2.14. The molecule has 0 saturated heterocycles. The van der Waals surface area contributed by atoms with Crippen LogP contribution in [0.5, 0.6) is 0 Å². The van der Waals surface area contributed by atoms with Gasteiger partial charge in [0.1, 0.15) is 5.82 Å². The maximum Gasteiger partial charge on any atom is 0.156 e. The number of hydrogen-bond acceptors (Lipinski definition) is 4. The van der Waals surface area contributed by atoms with Crippen molar-refractivity contribution in [2.75, 3.05) is 0 Å². The first-order valence-electron chi connectivity index (χ1n) is 6.14. The van der Waals surface area contributed by atoms with Crippen molar-refractivity contribution in [3.8, 4) is 0 Å². The van der Waals surface area contributed by atoms with Gasteiger partial charge in [-0.25, -0.2) is 10.1 Å². The Morgan fingerprint density at radius 2 is 2.11 bits per heavy atom. The SMILES string of the molecule is CC(c1ccccc1)n1ccnc1Cc1nnn[nH]1. The number of tetrazole rings is 1. The summed E-state index contributed by atoms with van der Waals surface area (Å²) in [6, 6.07) is 10.6. The van der Waals surface area contributed by atoms with Crippen LogP contribution in [0.4, 0.5) is 0 Å². The van der Waals surface area contributed by atoms with E-state index in [2.05, 4.69) is 49.2 Å². The Balaban J connectivity index is 1.88. The smallest absolute Gasteiger partial charge is 0.156 e. The van der Waals surface area contributed by atoms with Crippen LogP contribution in [0.1, 0.15) is 30.2 Å². The van der Waals surface area contributed by atoms with Crippen molar-refractivity contribution in [1.29, 1.82) is 0 Å². The Morgan fingerprint density at radius 1 is 1.26 bits per heavy atom. The lowest BCUT2D eigenvalue weighted by Gasteiger charge is -2.16. The highest BCUT2D eigenvalue weighted by molar-refractivity contribution is 5.20. The van der Waals surface area contributed by atoms with E-state index in [4.69, 9.17) is 0 Å². The highest BCUT2D eigenvalue weighted by Crippen LogP contribution is 2.19. The first-order chi connectivity index (χ1) is 9.34. The van der Waals surface area contributed by atoms with E-state index in [1.807, 2.05) is 24.4 Å². The van der Waals surface area contributed by atoms with E-state index in [0.29, 0.717) is 12.2 Å². The third kappa shape index (κ3) is 2.37. The van der Waals surface area contributed by atoms with Gasteiger partial charge in [0.15, 0.2) is 5.82 Å². The fourth-order valence-corrected chi connectivity index (χ4v) is 2.13. The van der Waals surface area contributed by atoms with Crippen molar-refractivity contribution >= 4 is 0 Å². The summed E-state index contributed by atoms with van der Waals surface area (Å²) in [5, 5.41) is 13.8. The Kier molecular flexibility index (Phi) is 3.06. The number of rotatable bonds is 4. The van der Waals surface area contributed by atoms with Gasteiger partial charge in [0.25, 0.3) is 0 Å². The van der Waals surface area contributed by atoms with E-state index < -0.39 is 0 Å². The van der Waals surface area contributed by atoms with Crippen LogP contribution in [0.25, 0.3) is 0 Å². The lowest BCUT2D eigenvalue weighted by Crippen LogP contribution is -2.10. The van der Waals surface area contributed by atoms with E-state index in [9.17, 15) is 0 Å². The highest BCUT2D eigenvalue weighted by Gasteiger charge is 2.13. The molecule has 2 heterocycles. The molecular formula is C13H14N6. The lowest BCUT2D eigenvalue weighted by molar-refractivity contribution is 0.605. The number of H-pyrrole nitrogens is 1. The van der Waals surface area contributed by atoms with Gasteiger partial charge in [0.2, 0.25) is 0 Å². The largest absolute Gasteiger partial charge is 0.327 e. The maximum atomic E-state index is 4.39. The third-order valence-electron chi connectivity index (χ3n) is 3.16. The summed E-state index contributed by atoms with van der Waals surface area (Å²) in [6.45, 7) is 2.15. The zero-order valence-corrected chi connectivity index (χ0v) is 10.6. The number of nitrogens with one attached hydrogen (secondary N) is 1. The van der Waals surface area contributed by atoms with Gasteiger partial charge in [0.05, 0.1) is 12.5 Å². The van der Waals surface area contributed by atoms with Gasteiger partial charge < -0.3 is 4.57 Å². The molecule has 19 heavy (non-hydrogen) atoms. The Hall–Kier alpha value is -2.50. The molecule has 0 saturated carbocycles. The van der Waals surface area contributed by atoms with Crippen LogP contribution in [0.15, 0.2) is 42.7 Å². The van der Waals surface area contributed by atoms with Gasteiger partial charge in [-0.3, -0.25) is 0 Å². The van der Waals surface area contributed by atoms with E-state index >= 15 is 0 Å². The van der Waals surface area contributed by atoms with Gasteiger partial charge in [-0.1, -0.05) is 30.3 Å². The summed E-state index contributed by atoms with van der Waals surface area (Å²) in [5.41, 5.74) is 1.25. The molecule has 2 aromatic heterocycles. The number of aromatic nitrogens is 6. The van der Waals surface area contributed by atoms with Gasteiger partial charge >= 0.3 is 0 Å². The molecule has 1 atom stereocenters. The van der Waals surface area contributed by atoms with Crippen LogP contribution in [-0.2, 0) is 6.42 Å². The zero-order valence-electron chi connectivity index (χ0n) is 10.6. The van der Waals surface area contributed by atoms with Gasteiger partial charge in [0, 0.05) is 12.4 Å². The molecule has 3 rings (SSSR count). The predicted octanol–water partition coefficient (Wildman–Crippen LogP) is 1.60. The van der Waals surface area contributed by atoms with Crippen LogP contribution in [0.2, 0.25) is 0 Å². The third-order valence-corrected chi connectivity index (χ3v) is 3.16. The molecule has 0 aliphatic heterocycles. The normalized spacial score (nSPS) is 12.5. The Bertz CT molecular complexity index is 628. The molecule has 6 nitrogen and oxygen atoms in total. The molecular weight excluding hydrogens is 240 g/mol. The maximum absolute atomic E-state index is 4.39. The number of nitrogens with zero attached hydrogens (tertiary/aromatic N) is 5. The molecule has 3 aromatic rings. The summed E-state index contributed by atoms with van der Waals surface area (Å²) >= 11 is 0. The topological polar surface area (TPSA) is 72.3 Å². The van der Waals surface area contributed by atoms with Crippen LogP contribution in [-0.4, -0.2) is 30.2 Å². The van der Waals surface area contributed by atoms with Crippen molar-refractivity contribution in [3.05, 3.63) is 59.9 Å². The van der Waals surface area contributed by atoms with E-state index in [1.54, 1.807) is 6.20 Å². The highest BCUT2D eigenvalue weighted by atomic mass is 15.5. The zero-order chi connectivity index (χ0) is 13.1. The minimum Gasteiger partial charge on any atom is -0.327 e. The van der Waals surface area contributed by atoms with E-state index in [1.165, 1.54) is 5.56 Å². The number of imidazole rings is 1. The van der Waals surface area contributed by atoms with E-state index in [0.717, 1.165) is 5.82 Å². The summed E-state index contributed by atoms with van der Waals surface area (Å²) in [4.78, 5) is 4.39. The second-order valence-electron chi connectivity index (χ2n) is 4.36. The predicted molar refractivity (Wildman–Crippen MR) is 69.5 cm³/mol. The molecule has 1 aromatic carbocycles. The van der Waals surface area contributed by atoms with Gasteiger partial charge in [-0.05, 0) is 22.9 Å². The standard InChI is InChI=1S/C13H14N6/c1-10(11-5-3-2-4-6-11)19-8-7-14-13(19)9-12-15-17-18-16-12/h2-8,10H,9H2,1H3,(H,15,16,17,18). The summed E-state index contributed by atoms with van der Waals surface area (Å²) in [6.07, 6.45) is 4.38. The first kappa shape index (κ1) is 11.6. The average molecular weight is 254 g/mol. The van der Waals surface area contributed by atoms with Gasteiger partial charge in [-0.2, -0.15) is 0 Å². The molecule has 96 valence electrons. The second-order valence-corrected chi connectivity index (χ2v) is 4.36. The molecule has 0 bridgehead atoms. The Morgan fingerprint density at radius 3 is 2.84 bits per heavy atom. The molecule has 0 spiro atoms. The minimum absolute atomic E-state index is 0.231. The van der Waals surface area contributed by atoms with Crippen LogP contribution < -0.4 is 0 Å². The fraction of sp³-hybridized carbons (Fsp3) is 0.231. The molecule has 1 unspecified atom stereocenters. The van der Waals surface area contributed by atoms with Gasteiger partial charge in [-0.15, -0.1) is 5.10 Å². The molecule has 1 N–H and O–H groups in total. The van der Waals surface area contributed by atoms with Crippen molar-refractivity contribution < 1.29 is 0 Å². The van der Waals surface area contributed by atoms with Crippen molar-refractivity contribution in [2.45, 2.75) is 19.4 Å². The molecule has 0 aliphatic rings. The number of hydrogen-bond donors (Lipinski definition) is 1. The first-order valence-corrected chi connectivity index (χ1v) is 6.14. The van der Waals surface area contributed by atoms with Crippen LogP contribution >= 0.6 is 0 Å². The van der Waals surface area contributed by atoms with Crippen LogP contribution in [0.3, 0.4) is 0 Å². The second kappa shape index (κ2) is 5.01. The molecule has 6 heteroatoms. The molecule has 0 amide bonds. The van der Waals surface area contributed by atoms with Crippen LogP contribution in [0, 0.1) is 0 Å². The molecule has 0 aliphatic carbocycles. The number of aromatic amines is 1. The van der Waals surface area contributed by atoms with E-state index in [-0.39, 0.29) is 6.04 Å². The quantitative estimate of drug-likeness (QED) is 0.767. The average Bonchev–Trinajstić information content (AvgIpc) is 3.11. The monoisotopic (exact) mass is 254 g/mol. The fourth-order valence-electron chi connectivity index (χ4n) is 2.13. The summed E-state index contributed by atoms with van der Waals surface area (Å²) in [5.74, 6) is 1.66. The lowest BCUT2D eigenvalue weighted by atomic mass is 10.1. The molecule has 0 fully saturated rings. The number of benzene rings is 1. The minimum atomic E-state index is 0.231. The van der Waals surface area contributed by atoms with Crippen molar-refractivity contribution in [1.82, 2.24) is 30.2 Å². The van der Waals surface area contributed by atoms with Crippen molar-refractivity contribution in [3.63, 3.8) is 0 Å². The summed E-state index contributed by atoms with van der Waals surface area (Å²) in [7, 11) is 0. The molecule has 0 radical (unpaired) electrons. The Labute approximate surface area is 110 Å². The van der Waals surface area contributed by atoms with Crippen molar-refractivity contribution in [2.24, 2.45) is 0 Å².